The highest BCUT2D eigenvalue weighted by molar-refractivity contribution is 7.22. The van der Waals surface area contributed by atoms with Crippen LogP contribution < -0.4 is 15.8 Å². The minimum Gasteiger partial charge on any atom is -0.304 e. The molecule has 0 fully saturated rings. The van der Waals surface area contributed by atoms with Crippen molar-refractivity contribution < 1.29 is 9.59 Å². The molecule has 0 saturated carbocycles. The third-order valence-electron chi connectivity index (χ3n) is 5.66. The van der Waals surface area contributed by atoms with Crippen LogP contribution in [0.2, 0.25) is 5.02 Å². The first kappa shape index (κ1) is 22.2. The van der Waals surface area contributed by atoms with Gasteiger partial charge in [0.05, 0.1) is 16.8 Å². The number of nitrogens with one attached hydrogen (secondary N) is 1. The van der Waals surface area contributed by atoms with Crippen molar-refractivity contribution in [3.63, 3.8) is 0 Å². The van der Waals surface area contributed by atoms with Crippen LogP contribution in [0.15, 0.2) is 59.4 Å². The van der Waals surface area contributed by atoms with Crippen LogP contribution in [0.3, 0.4) is 0 Å². The van der Waals surface area contributed by atoms with Crippen LogP contribution in [0.1, 0.15) is 29.4 Å². The Kier molecular flexibility index (Phi) is 5.89. The number of fused-ring (bicyclic) bond motifs is 2. The van der Waals surface area contributed by atoms with Crippen LogP contribution in [0, 0.1) is 0 Å². The van der Waals surface area contributed by atoms with Gasteiger partial charge in [-0.1, -0.05) is 41.1 Å². The SMILES string of the molecule is C[C@H]1Cc2ccccc2N1C(=O)c1ccc(=O)n(CCC(=O)Nc2nc3ccc(Cl)cc3s2)n1. The first-order chi connectivity index (χ1) is 16.4. The summed E-state index contributed by atoms with van der Waals surface area (Å²) in [4.78, 5) is 44.1. The van der Waals surface area contributed by atoms with Gasteiger partial charge in [-0.3, -0.25) is 14.4 Å². The molecule has 4 aromatic rings. The van der Waals surface area contributed by atoms with Gasteiger partial charge >= 0.3 is 0 Å². The molecule has 1 atom stereocenters. The Morgan fingerprint density at radius 3 is 2.85 bits per heavy atom. The molecule has 2 aromatic carbocycles. The molecular weight excluding hydrogens is 474 g/mol. The number of nitrogens with zero attached hydrogens (tertiary/aromatic N) is 4. The van der Waals surface area contributed by atoms with E-state index < -0.39 is 0 Å². The number of anilines is 2. The Morgan fingerprint density at radius 1 is 1.18 bits per heavy atom. The van der Waals surface area contributed by atoms with Gasteiger partial charge in [0.2, 0.25) is 5.91 Å². The standard InChI is InChI=1S/C24H20ClN5O3S/c1-14-12-15-4-2-3-5-19(15)30(14)23(33)18-8-9-22(32)29(28-18)11-10-21(31)27-24-26-17-7-6-16(25)13-20(17)34-24/h2-9,13-14H,10-12H2,1H3,(H,26,27,31)/t14-/m0/s1. The number of amides is 2. The summed E-state index contributed by atoms with van der Waals surface area (Å²) in [6.45, 7) is 2.02. The molecule has 0 radical (unpaired) electrons. The van der Waals surface area contributed by atoms with Gasteiger partial charge in [0.25, 0.3) is 11.5 Å². The number of carbonyl (C=O) groups is 2. The highest BCUT2D eigenvalue weighted by atomic mass is 35.5. The number of halogens is 1. The third-order valence-corrected chi connectivity index (χ3v) is 6.83. The first-order valence-corrected chi connectivity index (χ1v) is 11.9. The zero-order chi connectivity index (χ0) is 23.8. The predicted octanol–water partition coefficient (Wildman–Crippen LogP) is 4.13. The molecule has 3 heterocycles. The number of hydrogen-bond acceptors (Lipinski definition) is 6. The van der Waals surface area contributed by atoms with Crippen molar-refractivity contribution in [1.29, 1.82) is 0 Å². The van der Waals surface area contributed by atoms with Crippen molar-refractivity contribution >= 4 is 55.8 Å². The maximum atomic E-state index is 13.2. The molecule has 5 rings (SSSR count). The van der Waals surface area contributed by atoms with Gasteiger partial charge in [-0.2, -0.15) is 5.10 Å². The van der Waals surface area contributed by atoms with E-state index in [-0.39, 0.29) is 42.1 Å². The number of carbonyl (C=O) groups excluding carboxylic acids is 2. The first-order valence-electron chi connectivity index (χ1n) is 10.7. The molecule has 8 nitrogen and oxygen atoms in total. The number of benzene rings is 2. The summed E-state index contributed by atoms with van der Waals surface area (Å²) in [5, 5.41) is 8.05. The van der Waals surface area contributed by atoms with E-state index in [0.717, 1.165) is 32.6 Å². The number of hydrogen-bond donors (Lipinski definition) is 1. The maximum Gasteiger partial charge on any atom is 0.278 e. The van der Waals surface area contributed by atoms with Gasteiger partial charge in [-0.15, -0.1) is 0 Å². The Balaban J connectivity index is 1.29. The lowest BCUT2D eigenvalue weighted by Gasteiger charge is -2.22. The minimum absolute atomic E-state index is 0.00415. The van der Waals surface area contributed by atoms with Crippen molar-refractivity contribution in [3.8, 4) is 0 Å². The molecule has 1 aliphatic heterocycles. The van der Waals surface area contributed by atoms with E-state index in [9.17, 15) is 14.4 Å². The zero-order valence-electron chi connectivity index (χ0n) is 18.2. The minimum atomic E-state index is -0.381. The van der Waals surface area contributed by atoms with Crippen molar-refractivity contribution in [2.45, 2.75) is 32.4 Å². The van der Waals surface area contributed by atoms with E-state index in [2.05, 4.69) is 15.4 Å². The van der Waals surface area contributed by atoms with Crippen molar-refractivity contribution in [2.24, 2.45) is 0 Å². The van der Waals surface area contributed by atoms with Crippen LogP contribution in [0.5, 0.6) is 0 Å². The fourth-order valence-electron chi connectivity index (χ4n) is 4.06. The van der Waals surface area contributed by atoms with E-state index in [4.69, 9.17) is 11.6 Å². The largest absolute Gasteiger partial charge is 0.304 e. The van der Waals surface area contributed by atoms with Crippen LogP contribution in [0.4, 0.5) is 10.8 Å². The number of para-hydroxylation sites is 1. The monoisotopic (exact) mass is 493 g/mol. The smallest absolute Gasteiger partial charge is 0.278 e. The van der Waals surface area contributed by atoms with Gasteiger partial charge in [-0.05, 0) is 49.2 Å². The molecule has 1 aliphatic rings. The average molecular weight is 494 g/mol. The van der Waals surface area contributed by atoms with Crippen molar-refractivity contribution in [1.82, 2.24) is 14.8 Å². The Morgan fingerprint density at radius 2 is 2.00 bits per heavy atom. The number of thiazole rings is 1. The second kappa shape index (κ2) is 9.00. The molecule has 0 unspecified atom stereocenters. The van der Waals surface area contributed by atoms with Crippen molar-refractivity contribution in [2.75, 3.05) is 10.2 Å². The second-order valence-corrected chi connectivity index (χ2v) is 9.53. The molecule has 34 heavy (non-hydrogen) atoms. The van der Waals surface area contributed by atoms with E-state index in [1.807, 2.05) is 31.2 Å². The van der Waals surface area contributed by atoms with Gasteiger partial charge in [0.1, 0.15) is 5.69 Å². The zero-order valence-corrected chi connectivity index (χ0v) is 19.8. The van der Waals surface area contributed by atoms with E-state index >= 15 is 0 Å². The Hall–Kier alpha value is -3.56. The summed E-state index contributed by atoms with van der Waals surface area (Å²) in [7, 11) is 0. The predicted molar refractivity (Wildman–Crippen MR) is 133 cm³/mol. The molecule has 2 aromatic heterocycles. The summed E-state index contributed by atoms with van der Waals surface area (Å²) in [6.07, 6.45) is 0.768. The lowest BCUT2D eigenvalue weighted by molar-refractivity contribution is -0.116. The third kappa shape index (κ3) is 4.32. The number of aryl methyl sites for hydroxylation is 1. The summed E-state index contributed by atoms with van der Waals surface area (Å²) < 4.78 is 2.02. The fraction of sp³-hybridized carbons (Fsp3) is 0.208. The highest BCUT2D eigenvalue weighted by Gasteiger charge is 2.32. The van der Waals surface area contributed by atoms with E-state index in [0.29, 0.717) is 10.2 Å². The Bertz CT molecular complexity index is 1480. The lowest BCUT2D eigenvalue weighted by Crippen LogP contribution is -2.37. The average Bonchev–Trinajstić information content (AvgIpc) is 3.36. The van der Waals surface area contributed by atoms with Gasteiger partial charge < -0.3 is 10.2 Å². The number of aromatic nitrogens is 3. The summed E-state index contributed by atoms with van der Waals surface area (Å²) in [5.41, 5.74) is 2.48. The molecule has 0 spiro atoms. The van der Waals surface area contributed by atoms with Gasteiger partial charge in [0, 0.05) is 29.2 Å². The maximum absolute atomic E-state index is 13.2. The molecule has 0 saturated heterocycles. The summed E-state index contributed by atoms with van der Waals surface area (Å²) in [5.74, 6) is -0.582. The van der Waals surface area contributed by atoms with Gasteiger partial charge in [-0.25, -0.2) is 9.67 Å². The molecule has 2 amide bonds. The molecular formula is C24H20ClN5O3S. The molecule has 10 heteroatoms. The summed E-state index contributed by atoms with van der Waals surface area (Å²) in [6, 6.07) is 15.8. The quantitative estimate of drug-likeness (QED) is 0.451. The topological polar surface area (TPSA) is 97.2 Å². The second-order valence-electron chi connectivity index (χ2n) is 8.07. The van der Waals surface area contributed by atoms with Crippen LogP contribution in [-0.4, -0.2) is 32.6 Å². The normalized spacial score (nSPS) is 14.9. The summed E-state index contributed by atoms with van der Waals surface area (Å²) >= 11 is 7.32. The van der Waals surface area contributed by atoms with Gasteiger partial charge in [0.15, 0.2) is 5.13 Å². The van der Waals surface area contributed by atoms with E-state index in [1.165, 1.54) is 23.5 Å². The molecule has 0 aliphatic carbocycles. The highest BCUT2D eigenvalue weighted by Crippen LogP contribution is 2.32. The fourth-order valence-corrected chi connectivity index (χ4v) is 5.22. The molecule has 1 N–H and O–H groups in total. The van der Waals surface area contributed by atoms with E-state index in [1.54, 1.807) is 23.1 Å². The molecule has 172 valence electrons. The van der Waals surface area contributed by atoms with Crippen LogP contribution in [-0.2, 0) is 17.8 Å². The van der Waals surface area contributed by atoms with Crippen LogP contribution >= 0.6 is 22.9 Å². The number of rotatable bonds is 5. The lowest BCUT2D eigenvalue weighted by atomic mass is 10.1. The molecule has 0 bridgehead atoms. The Labute approximate surface area is 203 Å². The van der Waals surface area contributed by atoms with Crippen LogP contribution in [0.25, 0.3) is 10.2 Å². The van der Waals surface area contributed by atoms with Crippen molar-refractivity contribution in [3.05, 3.63) is 81.2 Å².